The van der Waals surface area contributed by atoms with Gasteiger partial charge < -0.3 is 9.64 Å². The maximum Gasteiger partial charge on any atom is 0.423 e. The van der Waals surface area contributed by atoms with Gasteiger partial charge in [-0.3, -0.25) is 20.2 Å². The van der Waals surface area contributed by atoms with Crippen LogP contribution < -0.4 is 4.90 Å². The van der Waals surface area contributed by atoms with E-state index < -0.39 is 42.2 Å². The molecule has 28 heavy (non-hydrogen) atoms. The summed E-state index contributed by atoms with van der Waals surface area (Å²) in [5, 5.41) is 23.4. The number of anilines is 1. The number of hydrogen-bond acceptors (Lipinski definition) is 9. The zero-order chi connectivity index (χ0) is 20.8. The van der Waals surface area contributed by atoms with E-state index in [1.165, 1.54) is 0 Å². The highest BCUT2D eigenvalue weighted by molar-refractivity contribution is 7.89. The molecular weight excluding hydrogens is 396 g/mol. The number of nitrogens with zero attached hydrogens (tertiary/aromatic N) is 4. The third-order valence-electron chi connectivity index (χ3n) is 4.67. The highest BCUT2D eigenvalue weighted by atomic mass is 32.2. The van der Waals surface area contributed by atoms with E-state index in [0.29, 0.717) is 0 Å². The second-order valence-corrected chi connectivity index (χ2v) is 8.61. The Morgan fingerprint density at radius 2 is 1.50 bits per heavy atom. The number of sulfonamides is 1. The van der Waals surface area contributed by atoms with Crippen LogP contribution >= 0.6 is 0 Å². The highest BCUT2D eigenvalue weighted by Crippen LogP contribution is 2.49. The number of methoxy groups -OCH3 is 1. The Bertz CT molecular complexity index is 908. The first-order valence-corrected chi connectivity index (χ1v) is 9.85. The van der Waals surface area contributed by atoms with Crippen molar-refractivity contribution >= 4 is 33.2 Å². The molecule has 3 rings (SSSR count). The van der Waals surface area contributed by atoms with Gasteiger partial charge in [0, 0.05) is 31.3 Å². The number of ether oxygens (including phenoxy) is 1. The van der Waals surface area contributed by atoms with Crippen LogP contribution in [0.15, 0.2) is 17.0 Å². The number of amides is 1. The SMILES string of the molecule is COC(=O)N(C)S(=O)(=O)c1cc([N+](=O)[O-])c(N(C2CC2)C2CC2)c([N+](=O)[O-])c1. The summed E-state index contributed by atoms with van der Waals surface area (Å²) in [7, 11) is -2.72. The number of benzene rings is 1. The predicted molar refractivity (Wildman–Crippen MR) is 95.6 cm³/mol. The van der Waals surface area contributed by atoms with E-state index in [-0.39, 0.29) is 22.1 Å². The zero-order valence-electron chi connectivity index (χ0n) is 15.1. The Labute approximate surface area is 160 Å². The Kier molecular flexibility index (Phi) is 4.87. The predicted octanol–water partition coefficient (Wildman–Crippen LogP) is 2.02. The van der Waals surface area contributed by atoms with Crippen molar-refractivity contribution in [2.75, 3.05) is 19.1 Å². The number of carbonyl (C=O) groups excluding carboxylic acids is 1. The number of rotatable bonds is 7. The molecule has 0 spiro atoms. The van der Waals surface area contributed by atoms with Crippen LogP contribution in [0, 0.1) is 20.2 Å². The molecule has 2 fully saturated rings. The fourth-order valence-electron chi connectivity index (χ4n) is 3.02. The molecule has 13 heteroatoms. The van der Waals surface area contributed by atoms with Crippen LogP contribution in [0.1, 0.15) is 25.7 Å². The van der Waals surface area contributed by atoms with Crippen LogP contribution in [0.5, 0.6) is 0 Å². The minimum absolute atomic E-state index is 0.0369. The van der Waals surface area contributed by atoms with Crippen molar-refractivity contribution in [1.82, 2.24) is 4.31 Å². The Morgan fingerprint density at radius 3 is 1.82 bits per heavy atom. The lowest BCUT2D eigenvalue weighted by Crippen LogP contribution is -2.33. The largest absolute Gasteiger partial charge is 0.452 e. The molecule has 0 N–H and O–H groups in total. The third-order valence-corrected chi connectivity index (χ3v) is 6.37. The van der Waals surface area contributed by atoms with Crippen LogP contribution in [0.2, 0.25) is 0 Å². The Hall–Kier alpha value is -2.96. The summed E-state index contributed by atoms with van der Waals surface area (Å²) < 4.78 is 29.8. The third kappa shape index (κ3) is 3.44. The molecular formula is C15H18N4O8S. The fraction of sp³-hybridized carbons (Fsp3) is 0.533. The monoisotopic (exact) mass is 414 g/mol. The first kappa shape index (κ1) is 19.8. The van der Waals surface area contributed by atoms with Gasteiger partial charge in [-0.2, -0.15) is 0 Å². The van der Waals surface area contributed by atoms with Gasteiger partial charge in [0.15, 0.2) is 5.69 Å². The molecule has 152 valence electrons. The summed E-state index contributed by atoms with van der Waals surface area (Å²) in [4.78, 5) is 34.2. The summed E-state index contributed by atoms with van der Waals surface area (Å²) in [6.07, 6.45) is 1.81. The second-order valence-electron chi connectivity index (χ2n) is 6.64. The lowest BCUT2D eigenvalue weighted by atomic mass is 10.2. The summed E-state index contributed by atoms with van der Waals surface area (Å²) >= 11 is 0. The first-order chi connectivity index (χ1) is 13.1. The molecule has 0 aliphatic heterocycles. The molecule has 2 aliphatic carbocycles. The molecule has 0 saturated heterocycles. The lowest BCUT2D eigenvalue weighted by Gasteiger charge is -2.24. The van der Waals surface area contributed by atoms with Gasteiger partial charge in [0.2, 0.25) is 0 Å². The lowest BCUT2D eigenvalue weighted by molar-refractivity contribution is -0.393. The topological polar surface area (TPSA) is 153 Å². The van der Waals surface area contributed by atoms with E-state index in [1.807, 2.05) is 0 Å². The van der Waals surface area contributed by atoms with E-state index in [0.717, 1.165) is 52.0 Å². The van der Waals surface area contributed by atoms with Gasteiger partial charge >= 0.3 is 17.5 Å². The summed E-state index contributed by atoms with van der Waals surface area (Å²) in [5.74, 6) is 0. The van der Waals surface area contributed by atoms with Crippen LogP contribution in [-0.4, -0.2) is 54.9 Å². The van der Waals surface area contributed by atoms with Crippen molar-refractivity contribution < 1.29 is 27.8 Å². The van der Waals surface area contributed by atoms with Crippen molar-refractivity contribution in [2.24, 2.45) is 0 Å². The summed E-state index contributed by atoms with van der Waals surface area (Å²) in [6, 6.07) is 1.44. The second kappa shape index (κ2) is 6.89. The highest BCUT2D eigenvalue weighted by Gasteiger charge is 2.46. The number of carbonyl (C=O) groups is 1. The van der Waals surface area contributed by atoms with Crippen LogP contribution in [0.3, 0.4) is 0 Å². The smallest absolute Gasteiger partial charge is 0.423 e. The maximum absolute atomic E-state index is 12.6. The molecule has 0 radical (unpaired) electrons. The molecule has 0 bridgehead atoms. The zero-order valence-corrected chi connectivity index (χ0v) is 15.9. The summed E-state index contributed by atoms with van der Waals surface area (Å²) in [6.45, 7) is 0. The first-order valence-electron chi connectivity index (χ1n) is 8.41. The molecule has 2 saturated carbocycles. The molecule has 1 aromatic rings. The van der Waals surface area contributed by atoms with Crippen molar-refractivity contribution in [2.45, 2.75) is 42.7 Å². The molecule has 0 aromatic heterocycles. The van der Waals surface area contributed by atoms with E-state index in [4.69, 9.17) is 0 Å². The van der Waals surface area contributed by atoms with E-state index in [2.05, 4.69) is 4.74 Å². The van der Waals surface area contributed by atoms with Gasteiger partial charge in [-0.1, -0.05) is 0 Å². The van der Waals surface area contributed by atoms with Crippen LogP contribution in [0.25, 0.3) is 0 Å². The van der Waals surface area contributed by atoms with Crippen LogP contribution in [-0.2, 0) is 14.8 Å². The van der Waals surface area contributed by atoms with E-state index in [1.54, 1.807) is 4.90 Å². The molecule has 1 aromatic carbocycles. The number of nitro benzene ring substituents is 2. The van der Waals surface area contributed by atoms with Gasteiger partial charge in [0.25, 0.3) is 10.0 Å². The Morgan fingerprint density at radius 1 is 1.07 bits per heavy atom. The van der Waals surface area contributed by atoms with Crippen molar-refractivity contribution in [3.8, 4) is 0 Å². The number of hydrogen-bond donors (Lipinski definition) is 0. The van der Waals surface area contributed by atoms with Gasteiger partial charge in [0.05, 0.1) is 17.0 Å². The van der Waals surface area contributed by atoms with Gasteiger partial charge in [0.1, 0.15) is 4.90 Å². The number of nitro groups is 2. The summed E-state index contributed by atoms with van der Waals surface area (Å²) in [5.41, 5.74) is -1.53. The molecule has 0 atom stereocenters. The molecule has 2 aliphatic rings. The van der Waals surface area contributed by atoms with Gasteiger partial charge in [-0.15, -0.1) is 0 Å². The molecule has 0 heterocycles. The normalized spacial score (nSPS) is 16.4. The van der Waals surface area contributed by atoms with Crippen molar-refractivity contribution in [3.63, 3.8) is 0 Å². The molecule has 0 unspecified atom stereocenters. The van der Waals surface area contributed by atoms with Gasteiger partial charge in [-0.25, -0.2) is 17.5 Å². The standard InChI is InChI=1S/C15H18N4O8S/c1-16(15(20)27-2)28(25,26)11-7-12(18(21)22)14(13(8-11)19(23)24)17(9-3-4-9)10-5-6-10/h7-10H,3-6H2,1-2H3. The van der Waals surface area contributed by atoms with Crippen LogP contribution in [0.4, 0.5) is 21.9 Å². The molecule has 12 nitrogen and oxygen atoms in total. The molecule has 1 amide bonds. The average molecular weight is 414 g/mol. The average Bonchev–Trinajstić information content (AvgIpc) is 3.54. The quantitative estimate of drug-likeness (QED) is 0.481. The van der Waals surface area contributed by atoms with E-state index in [9.17, 15) is 33.4 Å². The minimum Gasteiger partial charge on any atom is -0.452 e. The maximum atomic E-state index is 12.6. The van der Waals surface area contributed by atoms with Crippen molar-refractivity contribution in [3.05, 3.63) is 32.4 Å². The van der Waals surface area contributed by atoms with Gasteiger partial charge in [-0.05, 0) is 25.7 Å². The Balaban J connectivity index is 2.22. The van der Waals surface area contributed by atoms with Crippen molar-refractivity contribution in [1.29, 1.82) is 0 Å². The minimum atomic E-state index is -4.58. The fourth-order valence-corrected chi connectivity index (χ4v) is 4.13. The van der Waals surface area contributed by atoms with E-state index >= 15 is 0 Å².